The van der Waals surface area contributed by atoms with Gasteiger partial charge in [0.15, 0.2) is 0 Å². The molecule has 22 heavy (non-hydrogen) atoms. The summed E-state index contributed by atoms with van der Waals surface area (Å²) in [6, 6.07) is 0. The first-order valence-corrected chi connectivity index (χ1v) is 11.3. The van der Waals surface area contributed by atoms with E-state index in [0.29, 0.717) is 4.85 Å². The number of ether oxygens (including phenoxy) is 1. The third kappa shape index (κ3) is 7.67. The van der Waals surface area contributed by atoms with Crippen LogP contribution in [0.4, 0.5) is 0 Å². The van der Waals surface area contributed by atoms with Gasteiger partial charge in [-0.25, -0.2) is 0 Å². The van der Waals surface area contributed by atoms with E-state index in [1.165, 1.54) is 52.3 Å². The van der Waals surface area contributed by atoms with E-state index < -0.39 is 0 Å². The predicted molar refractivity (Wildman–Crippen MR) is 118 cm³/mol. The van der Waals surface area contributed by atoms with Crippen molar-refractivity contribution in [1.82, 2.24) is 4.90 Å². The number of methoxy groups -OCH3 is 1. The summed E-state index contributed by atoms with van der Waals surface area (Å²) in [4.78, 5) is 13.9. The molecule has 0 aromatic rings. The van der Waals surface area contributed by atoms with E-state index in [4.69, 9.17) is 4.74 Å². The maximum atomic E-state index is 11.5. The number of hydrogen-bond acceptors (Lipinski definition) is 3. The SMILES string of the molecule is CCC(I)(I)I.COC(=O)C1CCC2(CC1)CCN(C)CC2. The van der Waals surface area contributed by atoms with Crippen molar-refractivity contribution < 1.29 is 9.53 Å². The van der Waals surface area contributed by atoms with Crippen molar-refractivity contribution in [1.29, 1.82) is 0 Å². The van der Waals surface area contributed by atoms with E-state index in [9.17, 15) is 4.79 Å². The van der Waals surface area contributed by atoms with Crippen LogP contribution in [-0.2, 0) is 9.53 Å². The van der Waals surface area contributed by atoms with Crippen LogP contribution in [0, 0.1) is 11.3 Å². The lowest BCUT2D eigenvalue weighted by molar-refractivity contribution is -0.147. The average Bonchev–Trinajstić information content (AvgIpc) is 2.50. The van der Waals surface area contributed by atoms with Gasteiger partial charge in [-0.2, -0.15) is 0 Å². The van der Waals surface area contributed by atoms with Crippen LogP contribution in [0.2, 0.25) is 0 Å². The second kappa shape index (κ2) is 9.94. The van der Waals surface area contributed by atoms with Gasteiger partial charge in [-0.15, -0.1) is 0 Å². The number of carbonyl (C=O) groups is 1. The van der Waals surface area contributed by atoms with Gasteiger partial charge in [0.05, 0.1) is 13.0 Å². The van der Waals surface area contributed by atoms with E-state index >= 15 is 0 Å². The molecule has 2 aliphatic rings. The van der Waals surface area contributed by atoms with Gasteiger partial charge in [0.2, 0.25) is 0 Å². The molecule has 1 aliphatic carbocycles. The fraction of sp³-hybridized carbons (Fsp3) is 0.938. The Morgan fingerprint density at radius 3 is 2.00 bits per heavy atom. The van der Waals surface area contributed by atoms with Gasteiger partial charge in [-0.05, 0) is 70.5 Å². The second-order valence-electron chi connectivity index (χ2n) is 6.57. The summed E-state index contributed by atoms with van der Waals surface area (Å²) in [5.41, 5.74) is 0.553. The highest BCUT2D eigenvalue weighted by atomic mass is 127. The number of piperidine rings is 1. The Balaban J connectivity index is 0.000000346. The zero-order valence-corrected chi connectivity index (χ0v) is 20.3. The molecule has 1 saturated heterocycles. The van der Waals surface area contributed by atoms with Gasteiger partial charge < -0.3 is 9.64 Å². The molecule has 2 fully saturated rings. The molecule has 6 heteroatoms. The minimum atomic E-state index is 0.00257. The lowest BCUT2D eigenvalue weighted by Crippen LogP contribution is -2.41. The van der Waals surface area contributed by atoms with Crippen molar-refractivity contribution in [2.75, 3.05) is 27.2 Å². The number of esters is 1. The zero-order valence-electron chi connectivity index (χ0n) is 13.8. The molecule has 0 bridgehead atoms. The Morgan fingerprint density at radius 1 is 1.18 bits per heavy atom. The number of likely N-dealkylation sites (tertiary alicyclic amines) is 1. The summed E-state index contributed by atoms with van der Waals surface area (Å²) < 4.78 is 5.29. The van der Waals surface area contributed by atoms with Crippen LogP contribution in [0.25, 0.3) is 0 Å². The molecule has 0 aromatic carbocycles. The number of carbonyl (C=O) groups excluding carboxylic acids is 1. The smallest absolute Gasteiger partial charge is 0.308 e. The minimum Gasteiger partial charge on any atom is -0.469 e. The van der Waals surface area contributed by atoms with Gasteiger partial charge >= 0.3 is 5.97 Å². The number of rotatable bonds is 2. The molecule has 1 heterocycles. The van der Waals surface area contributed by atoms with Crippen LogP contribution in [0.5, 0.6) is 0 Å². The van der Waals surface area contributed by atoms with Crippen LogP contribution in [0.15, 0.2) is 0 Å². The molecule has 1 aliphatic heterocycles. The normalized spacial score (nSPS) is 22.8. The van der Waals surface area contributed by atoms with Crippen molar-refractivity contribution in [3.05, 3.63) is 0 Å². The van der Waals surface area contributed by atoms with E-state index in [-0.39, 0.29) is 11.9 Å². The largest absolute Gasteiger partial charge is 0.469 e. The van der Waals surface area contributed by atoms with E-state index in [1.807, 2.05) is 0 Å². The van der Waals surface area contributed by atoms with Gasteiger partial charge in [-0.3, -0.25) is 4.79 Å². The fourth-order valence-corrected chi connectivity index (χ4v) is 3.23. The van der Waals surface area contributed by atoms with E-state index in [2.05, 4.69) is 86.6 Å². The van der Waals surface area contributed by atoms with Crippen molar-refractivity contribution in [2.24, 2.45) is 11.3 Å². The van der Waals surface area contributed by atoms with E-state index in [1.54, 1.807) is 0 Å². The average molecular weight is 647 g/mol. The predicted octanol–water partition coefficient (Wildman–Crippen LogP) is 5.42. The maximum absolute atomic E-state index is 11.5. The van der Waals surface area contributed by atoms with Gasteiger partial charge in [0, 0.05) is 0 Å². The lowest BCUT2D eigenvalue weighted by atomic mass is 9.65. The third-order valence-electron chi connectivity index (χ3n) is 5.03. The van der Waals surface area contributed by atoms with Crippen molar-refractivity contribution in [3.63, 3.8) is 0 Å². The highest BCUT2D eigenvalue weighted by molar-refractivity contribution is 14.3. The highest BCUT2D eigenvalue weighted by Crippen LogP contribution is 2.46. The van der Waals surface area contributed by atoms with Crippen LogP contribution in [0.3, 0.4) is 0 Å². The molecule has 0 N–H and O–H groups in total. The molecule has 0 atom stereocenters. The molecular weight excluding hydrogens is 619 g/mol. The molecule has 1 spiro atoms. The molecule has 2 rings (SSSR count). The topological polar surface area (TPSA) is 29.5 Å². The number of nitrogens with zero attached hydrogens (tertiary/aromatic N) is 1. The van der Waals surface area contributed by atoms with Gasteiger partial charge in [-0.1, -0.05) is 74.7 Å². The lowest BCUT2D eigenvalue weighted by Gasteiger charge is -2.44. The summed E-state index contributed by atoms with van der Waals surface area (Å²) in [5, 5.41) is 0. The minimum absolute atomic E-state index is 0.00257. The monoisotopic (exact) mass is 647 g/mol. The molecule has 130 valence electrons. The number of hydrogen-bond donors (Lipinski definition) is 0. The Morgan fingerprint density at radius 2 is 1.64 bits per heavy atom. The van der Waals surface area contributed by atoms with Crippen molar-refractivity contribution in [3.8, 4) is 0 Å². The van der Waals surface area contributed by atoms with Gasteiger partial charge in [0.25, 0.3) is 0 Å². The number of halogens is 3. The highest BCUT2D eigenvalue weighted by Gasteiger charge is 2.39. The molecule has 3 nitrogen and oxygen atoms in total. The quantitative estimate of drug-likeness (QED) is 0.228. The van der Waals surface area contributed by atoms with Crippen LogP contribution in [0.1, 0.15) is 51.9 Å². The Bertz CT molecular complexity index is 340. The summed E-state index contributed by atoms with van der Waals surface area (Å²) >= 11 is 7.24. The van der Waals surface area contributed by atoms with E-state index in [0.717, 1.165) is 12.8 Å². The molecule has 1 saturated carbocycles. The Kier molecular flexibility index (Phi) is 9.78. The molecule has 0 amide bonds. The molecule has 0 aromatic heterocycles. The second-order valence-corrected chi connectivity index (χ2v) is 18.3. The Hall–Kier alpha value is 1.62. The van der Waals surface area contributed by atoms with Gasteiger partial charge in [0.1, 0.15) is -0.565 Å². The van der Waals surface area contributed by atoms with Crippen molar-refractivity contribution >= 4 is 73.7 Å². The maximum Gasteiger partial charge on any atom is 0.308 e. The molecule has 0 radical (unpaired) electrons. The first-order valence-electron chi connectivity index (χ1n) is 8.04. The summed E-state index contributed by atoms with van der Waals surface area (Å²) in [7, 11) is 3.70. The summed E-state index contributed by atoms with van der Waals surface area (Å²) in [5.74, 6) is 0.179. The first-order chi connectivity index (χ1) is 10.2. The van der Waals surface area contributed by atoms with Crippen LogP contribution in [-0.4, -0.2) is 37.6 Å². The first kappa shape index (κ1) is 21.7. The third-order valence-corrected chi connectivity index (χ3v) is 7.32. The summed E-state index contributed by atoms with van der Waals surface area (Å²) in [6.45, 7) is 4.64. The molecular formula is C16H28I3NO2. The standard InChI is InChI=1S/C13H23NO2.C3H5I3/c1-14-9-7-13(8-10-14)5-3-11(4-6-13)12(15)16-2;1-2-3(4,5)6/h11H,3-10H2,1-2H3;2H2,1H3. The number of alkyl halides is 3. The summed E-state index contributed by atoms with van der Waals surface area (Å²) in [6.07, 6.45) is 8.39. The van der Waals surface area contributed by atoms with Crippen LogP contribution >= 0.6 is 67.8 Å². The Labute approximate surface area is 176 Å². The fourth-order valence-electron chi connectivity index (χ4n) is 3.23. The zero-order chi connectivity index (χ0) is 16.8. The van der Waals surface area contributed by atoms with Crippen LogP contribution < -0.4 is 0 Å². The molecule has 0 unspecified atom stereocenters. The van der Waals surface area contributed by atoms with Crippen molar-refractivity contribution in [2.45, 2.75) is 51.3 Å².